The predicted octanol–water partition coefficient (Wildman–Crippen LogP) is 1.95. The highest BCUT2D eigenvalue weighted by molar-refractivity contribution is 7.89. The van der Waals surface area contributed by atoms with Gasteiger partial charge in [-0.15, -0.1) is 0 Å². The van der Waals surface area contributed by atoms with E-state index in [1.807, 2.05) is 0 Å². The molecule has 0 unspecified atom stereocenters. The largest absolute Gasteiger partial charge is 0.396 e. The van der Waals surface area contributed by atoms with E-state index in [0.29, 0.717) is 0 Å². The Kier molecular flexibility index (Phi) is 4.41. The Morgan fingerprint density at radius 2 is 1.89 bits per heavy atom. The predicted molar refractivity (Wildman–Crippen MR) is 61.4 cm³/mol. The summed E-state index contributed by atoms with van der Waals surface area (Å²) in [7, 11) is -4.15. The zero-order valence-corrected chi connectivity index (χ0v) is 10.7. The molecule has 0 aliphatic heterocycles. The summed E-state index contributed by atoms with van der Waals surface area (Å²) in [6.45, 7) is 0.531. The van der Waals surface area contributed by atoms with Crippen LogP contribution in [0.3, 0.4) is 0 Å². The van der Waals surface area contributed by atoms with Gasteiger partial charge in [-0.05, 0) is 24.6 Å². The molecule has 0 radical (unpaired) electrons. The van der Waals surface area contributed by atoms with Gasteiger partial charge in [-0.2, -0.15) is 13.2 Å². The molecule has 3 N–H and O–H groups in total. The summed E-state index contributed by atoms with van der Waals surface area (Å²) < 4.78 is 74.1. The van der Waals surface area contributed by atoms with Crippen molar-refractivity contribution in [3.8, 4) is 0 Å². The lowest BCUT2D eigenvalue weighted by molar-refractivity contribution is -0.132. The van der Waals surface area contributed by atoms with Crippen LogP contribution in [-0.2, 0) is 10.0 Å². The summed E-state index contributed by atoms with van der Waals surface area (Å²) in [4.78, 5) is -0.339. The van der Waals surface area contributed by atoms with E-state index in [1.165, 1.54) is 6.92 Å². The van der Waals surface area contributed by atoms with Gasteiger partial charge in [0.1, 0.15) is 5.82 Å². The summed E-state index contributed by atoms with van der Waals surface area (Å²) in [5.74, 6) is -0.785. The van der Waals surface area contributed by atoms with Gasteiger partial charge in [0.15, 0.2) is 0 Å². The molecule has 0 saturated carbocycles. The third-order valence-corrected chi connectivity index (χ3v) is 3.89. The van der Waals surface area contributed by atoms with E-state index in [0.717, 1.165) is 12.1 Å². The molecule has 0 aromatic heterocycles. The van der Waals surface area contributed by atoms with E-state index in [4.69, 9.17) is 5.73 Å². The number of alkyl halides is 3. The van der Waals surface area contributed by atoms with Gasteiger partial charge in [0.05, 0.1) is 17.0 Å². The van der Waals surface area contributed by atoms with Gasteiger partial charge >= 0.3 is 6.18 Å². The highest BCUT2D eigenvalue weighted by atomic mass is 32.2. The summed E-state index contributed by atoms with van der Waals surface area (Å²) >= 11 is 0. The molecule has 1 aromatic carbocycles. The van der Waals surface area contributed by atoms with Gasteiger partial charge in [0, 0.05) is 6.54 Å². The van der Waals surface area contributed by atoms with Gasteiger partial charge in [-0.1, -0.05) is 0 Å². The first-order valence-electron chi connectivity index (χ1n) is 5.15. The minimum atomic E-state index is -4.46. The summed E-state index contributed by atoms with van der Waals surface area (Å²) in [6.07, 6.45) is -5.75. The van der Waals surface area contributed by atoms with Crippen LogP contribution in [0, 0.1) is 12.7 Å². The molecular weight excluding hydrogens is 288 g/mol. The Labute approximate surface area is 107 Å². The Morgan fingerprint density at radius 1 is 1.32 bits per heavy atom. The van der Waals surface area contributed by atoms with Crippen molar-refractivity contribution in [2.24, 2.45) is 0 Å². The van der Waals surface area contributed by atoms with Crippen molar-refractivity contribution in [1.29, 1.82) is 0 Å². The maximum absolute atomic E-state index is 13.1. The first-order chi connectivity index (χ1) is 8.53. The smallest absolute Gasteiger partial charge is 0.390 e. The molecule has 1 rings (SSSR count). The fourth-order valence-electron chi connectivity index (χ4n) is 1.36. The summed E-state index contributed by atoms with van der Waals surface area (Å²) in [5.41, 5.74) is 4.91. The number of anilines is 1. The molecular formula is C10H12F4N2O2S. The molecule has 0 aliphatic carbocycles. The Hall–Kier alpha value is -1.35. The topological polar surface area (TPSA) is 72.2 Å². The normalized spacial score (nSPS) is 12.7. The van der Waals surface area contributed by atoms with Crippen LogP contribution in [0.5, 0.6) is 0 Å². The van der Waals surface area contributed by atoms with E-state index in [9.17, 15) is 26.0 Å². The van der Waals surface area contributed by atoms with Crippen LogP contribution in [0.4, 0.5) is 23.2 Å². The summed E-state index contributed by atoms with van der Waals surface area (Å²) in [6, 6.07) is 1.79. The number of sulfonamides is 1. The van der Waals surface area contributed by atoms with Crippen LogP contribution in [0.1, 0.15) is 12.0 Å². The van der Waals surface area contributed by atoms with Crippen molar-refractivity contribution in [2.75, 3.05) is 12.3 Å². The van der Waals surface area contributed by atoms with E-state index >= 15 is 0 Å². The Morgan fingerprint density at radius 3 is 2.42 bits per heavy atom. The minimum Gasteiger partial charge on any atom is -0.396 e. The molecule has 19 heavy (non-hydrogen) atoms. The zero-order valence-electron chi connectivity index (χ0n) is 9.88. The summed E-state index contributed by atoms with van der Waals surface area (Å²) in [5, 5.41) is 0. The van der Waals surface area contributed by atoms with Gasteiger partial charge < -0.3 is 5.73 Å². The molecule has 0 saturated heterocycles. The number of rotatable bonds is 4. The number of hydrogen-bond donors (Lipinski definition) is 2. The lowest BCUT2D eigenvalue weighted by Crippen LogP contribution is -2.28. The fourth-order valence-corrected chi connectivity index (χ4v) is 2.65. The van der Waals surface area contributed by atoms with Crippen molar-refractivity contribution in [3.63, 3.8) is 0 Å². The molecule has 0 fully saturated rings. The molecule has 0 heterocycles. The maximum Gasteiger partial charge on any atom is 0.390 e. The van der Waals surface area contributed by atoms with E-state index in [-0.39, 0.29) is 16.1 Å². The third-order valence-electron chi connectivity index (χ3n) is 2.28. The number of nitrogens with two attached hydrogens (primary N) is 1. The first kappa shape index (κ1) is 15.7. The van der Waals surface area contributed by atoms with E-state index in [1.54, 1.807) is 4.72 Å². The van der Waals surface area contributed by atoms with Crippen LogP contribution in [0.2, 0.25) is 0 Å². The monoisotopic (exact) mass is 300 g/mol. The quantitative estimate of drug-likeness (QED) is 0.659. The van der Waals surface area contributed by atoms with Crippen LogP contribution < -0.4 is 10.5 Å². The van der Waals surface area contributed by atoms with Crippen LogP contribution >= 0.6 is 0 Å². The van der Waals surface area contributed by atoms with Crippen LogP contribution in [-0.4, -0.2) is 21.1 Å². The van der Waals surface area contributed by atoms with Gasteiger partial charge in [-0.25, -0.2) is 17.5 Å². The van der Waals surface area contributed by atoms with Crippen molar-refractivity contribution in [1.82, 2.24) is 4.72 Å². The third kappa shape index (κ3) is 4.35. The number of aryl methyl sites for hydroxylation is 1. The van der Waals surface area contributed by atoms with Crippen molar-refractivity contribution in [3.05, 3.63) is 23.5 Å². The van der Waals surface area contributed by atoms with Gasteiger partial charge in [-0.3, -0.25) is 0 Å². The van der Waals surface area contributed by atoms with Gasteiger partial charge in [0.2, 0.25) is 10.0 Å². The lowest BCUT2D eigenvalue weighted by atomic mass is 10.2. The van der Waals surface area contributed by atoms with E-state index < -0.39 is 35.0 Å². The number of nitrogens with one attached hydrogen (secondary N) is 1. The highest BCUT2D eigenvalue weighted by Crippen LogP contribution is 2.22. The van der Waals surface area contributed by atoms with Gasteiger partial charge in [0.25, 0.3) is 0 Å². The molecule has 0 amide bonds. The first-order valence-corrected chi connectivity index (χ1v) is 6.63. The Balaban J connectivity index is 2.92. The molecule has 0 atom stereocenters. The molecule has 9 heteroatoms. The maximum atomic E-state index is 13.1. The highest BCUT2D eigenvalue weighted by Gasteiger charge is 2.28. The zero-order chi connectivity index (χ0) is 14.8. The SMILES string of the molecule is Cc1cc(F)c(N)cc1S(=O)(=O)NCCC(F)(F)F. The lowest BCUT2D eigenvalue weighted by Gasteiger charge is -2.11. The standard InChI is InChI=1S/C10H12F4N2O2S/c1-6-4-7(11)8(15)5-9(6)19(17,18)16-3-2-10(12,13)14/h4-5,16H,2-3,15H2,1H3. The minimum absolute atomic E-state index is 0.0613. The molecule has 0 spiro atoms. The van der Waals surface area contributed by atoms with Crippen LogP contribution in [0.15, 0.2) is 17.0 Å². The van der Waals surface area contributed by atoms with Crippen LogP contribution in [0.25, 0.3) is 0 Å². The second-order valence-corrected chi connectivity index (χ2v) is 5.64. The molecule has 108 valence electrons. The van der Waals surface area contributed by atoms with Crippen molar-refractivity contribution in [2.45, 2.75) is 24.4 Å². The van der Waals surface area contributed by atoms with Crippen molar-refractivity contribution < 1.29 is 26.0 Å². The number of nitrogen functional groups attached to an aromatic ring is 1. The fraction of sp³-hybridized carbons (Fsp3) is 0.400. The molecule has 4 nitrogen and oxygen atoms in total. The second kappa shape index (κ2) is 5.33. The average molecular weight is 300 g/mol. The number of benzene rings is 1. The molecule has 0 bridgehead atoms. The molecule has 1 aromatic rings. The second-order valence-electron chi connectivity index (χ2n) is 3.90. The number of halogens is 4. The van der Waals surface area contributed by atoms with Crippen molar-refractivity contribution >= 4 is 15.7 Å². The number of hydrogen-bond acceptors (Lipinski definition) is 3. The Bertz CT molecular complexity index is 570. The average Bonchev–Trinajstić information content (AvgIpc) is 2.20. The molecule has 0 aliphatic rings. The van der Waals surface area contributed by atoms with E-state index in [2.05, 4.69) is 0 Å².